The molecule has 0 saturated carbocycles. The van der Waals surface area contributed by atoms with Crippen molar-refractivity contribution in [1.29, 1.82) is 0 Å². The van der Waals surface area contributed by atoms with Crippen molar-refractivity contribution in [3.05, 3.63) is 67.3 Å². The highest BCUT2D eigenvalue weighted by atomic mass is 79.9. The summed E-state index contributed by atoms with van der Waals surface area (Å²) in [5.41, 5.74) is 1.90. The summed E-state index contributed by atoms with van der Waals surface area (Å²) in [6.45, 7) is 2.59. The second-order valence-corrected chi connectivity index (χ2v) is 6.68. The average molecular weight is 422 g/mol. The van der Waals surface area contributed by atoms with Gasteiger partial charge in [-0.25, -0.2) is 4.39 Å². The fourth-order valence-electron chi connectivity index (χ4n) is 1.90. The van der Waals surface area contributed by atoms with E-state index in [9.17, 15) is 4.39 Å². The molecule has 106 valence electrons. The van der Waals surface area contributed by atoms with Crippen molar-refractivity contribution in [2.45, 2.75) is 19.5 Å². The Morgan fingerprint density at radius 3 is 2.65 bits per heavy atom. The van der Waals surface area contributed by atoms with Crippen molar-refractivity contribution < 1.29 is 4.39 Å². The van der Waals surface area contributed by atoms with Crippen LogP contribution in [0, 0.1) is 5.82 Å². The van der Waals surface area contributed by atoms with Crippen molar-refractivity contribution >= 4 is 43.5 Å². The molecule has 2 rings (SSSR count). The zero-order valence-electron chi connectivity index (χ0n) is 10.8. The van der Waals surface area contributed by atoms with E-state index in [0.717, 1.165) is 20.1 Å². The molecule has 1 atom stereocenters. The summed E-state index contributed by atoms with van der Waals surface area (Å²) in [6, 6.07) is 10.5. The summed E-state index contributed by atoms with van der Waals surface area (Å²) in [7, 11) is 0. The zero-order chi connectivity index (χ0) is 14.7. The molecule has 0 bridgehead atoms. The molecule has 0 aliphatic heterocycles. The Morgan fingerprint density at radius 2 is 1.95 bits per heavy atom. The number of rotatable bonds is 4. The fourth-order valence-corrected chi connectivity index (χ4v) is 3.13. The van der Waals surface area contributed by atoms with Gasteiger partial charge >= 0.3 is 0 Å². The lowest BCUT2D eigenvalue weighted by Gasteiger charge is -2.16. The van der Waals surface area contributed by atoms with Crippen LogP contribution in [0.25, 0.3) is 0 Å². The Bertz CT molecular complexity index is 619. The Labute approximate surface area is 139 Å². The van der Waals surface area contributed by atoms with E-state index in [1.54, 1.807) is 6.07 Å². The normalized spacial score (nSPS) is 12.4. The van der Waals surface area contributed by atoms with E-state index in [0.29, 0.717) is 11.6 Å². The first kappa shape index (κ1) is 16.0. The number of hydrogen-bond acceptors (Lipinski definition) is 1. The maximum Gasteiger partial charge on any atom is 0.123 e. The van der Waals surface area contributed by atoms with E-state index in [-0.39, 0.29) is 11.9 Å². The number of benzene rings is 2. The van der Waals surface area contributed by atoms with Gasteiger partial charge in [-0.1, -0.05) is 49.5 Å². The SMILES string of the molecule is CC(NCc1cc(F)ccc1Br)c1ccc(Br)cc1Cl. The Balaban J connectivity index is 2.08. The van der Waals surface area contributed by atoms with Crippen LogP contribution < -0.4 is 5.32 Å². The van der Waals surface area contributed by atoms with Gasteiger partial charge in [0.1, 0.15) is 5.82 Å². The third kappa shape index (κ3) is 4.04. The molecule has 0 saturated heterocycles. The van der Waals surface area contributed by atoms with Gasteiger partial charge < -0.3 is 5.32 Å². The predicted molar refractivity (Wildman–Crippen MR) is 88.5 cm³/mol. The maximum absolute atomic E-state index is 13.2. The van der Waals surface area contributed by atoms with Gasteiger partial charge in [-0.05, 0) is 48.4 Å². The van der Waals surface area contributed by atoms with Crippen molar-refractivity contribution in [2.75, 3.05) is 0 Å². The van der Waals surface area contributed by atoms with E-state index in [1.807, 2.05) is 25.1 Å². The molecule has 2 aromatic rings. The summed E-state index contributed by atoms with van der Waals surface area (Å²) >= 11 is 13.0. The summed E-state index contributed by atoms with van der Waals surface area (Å²) in [5, 5.41) is 4.05. The molecule has 2 aromatic carbocycles. The molecule has 0 aliphatic carbocycles. The van der Waals surface area contributed by atoms with Gasteiger partial charge in [0.15, 0.2) is 0 Å². The molecule has 0 amide bonds. The molecule has 0 spiro atoms. The van der Waals surface area contributed by atoms with Crippen LogP contribution in [0.3, 0.4) is 0 Å². The van der Waals surface area contributed by atoms with Crippen LogP contribution in [-0.2, 0) is 6.54 Å². The molecular weight excluding hydrogens is 408 g/mol. The molecule has 1 unspecified atom stereocenters. The van der Waals surface area contributed by atoms with Crippen molar-refractivity contribution in [2.24, 2.45) is 0 Å². The molecule has 0 aliphatic rings. The Hall–Kier alpha value is -0.420. The van der Waals surface area contributed by atoms with Crippen LogP contribution >= 0.6 is 43.5 Å². The molecule has 1 nitrogen and oxygen atoms in total. The highest BCUT2D eigenvalue weighted by Gasteiger charge is 2.10. The standard InChI is InChI=1S/C15H13Br2ClFN/c1-9(13-4-2-11(16)7-15(13)18)20-8-10-6-12(19)3-5-14(10)17/h2-7,9,20H,8H2,1H3. The van der Waals surface area contributed by atoms with Crippen LogP contribution in [0.5, 0.6) is 0 Å². The first-order chi connectivity index (χ1) is 9.47. The molecular formula is C15H13Br2ClFN. The Kier molecular flexibility index (Phi) is 5.61. The lowest BCUT2D eigenvalue weighted by Crippen LogP contribution is -2.18. The van der Waals surface area contributed by atoms with Gasteiger partial charge in [-0.15, -0.1) is 0 Å². The smallest absolute Gasteiger partial charge is 0.123 e. The molecule has 20 heavy (non-hydrogen) atoms. The minimum atomic E-state index is -0.237. The van der Waals surface area contributed by atoms with E-state index < -0.39 is 0 Å². The third-order valence-electron chi connectivity index (χ3n) is 3.04. The molecule has 0 radical (unpaired) electrons. The van der Waals surface area contributed by atoms with E-state index in [1.165, 1.54) is 12.1 Å². The van der Waals surface area contributed by atoms with E-state index in [2.05, 4.69) is 37.2 Å². The Morgan fingerprint density at radius 1 is 1.20 bits per heavy atom. The van der Waals surface area contributed by atoms with Gasteiger partial charge in [-0.2, -0.15) is 0 Å². The first-order valence-corrected chi connectivity index (χ1v) is 8.06. The number of nitrogens with one attached hydrogen (secondary N) is 1. The lowest BCUT2D eigenvalue weighted by molar-refractivity contribution is 0.568. The molecule has 5 heteroatoms. The van der Waals surface area contributed by atoms with Crippen LogP contribution in [0.2, 0.25) is 5.02 Å². The first-order valence-electron chi connectivity index (χ1n) is 6.09. The largest absolute Gasteiger partial charge is 0.306 e. The maximum atomic E-state index is 13.2. The monoisotopic (exact) mass is 419 g/mol. The molecule has 0 aromatic heterocycles. The summed E-state index contributed by atoms with van der Waals surface area (Å²) in [6.07, 6.45) is 0. The van der Waals surface area contributed by atoms with Crippen molar-refractivity contribution in [3.63, 3.8) is 0 Å². The van der Waals surface area contributed by atoms with E-state index in [4.69, 9.17) is 11.6 Å². The van der Waals surface area contributed by atoms with Crippen molar-refractivity contribution in [1.82, 2.24) is 5.32 Å². The highest BCUT2D eigenvalue weighted by Crippen LogP contribution is 2.27. The van der Waals surface area contributed by atoms with Crippen molar-refractivity contribution in [3.8, 4) is 0 Å². The molecule has 0 heterocycles. The van der Waals surface area contributed by atoms with Gasteiger partial charge in [0.05, 0.1) is 0 Å². The third-order valence-corrected chi connectivity index (χ3v) is 4.63. The molecule has 0 fully saturated rings. The minimum absolute atomic E-state index is 0.0748. The topological polar surface area (TPSA) is 12.0 Å². The second kappa shape index (κ2) is 7.03. The van der Waals surface area contributed by atoms with Crippen LogP contribution in [0.4, 0.5) is 4.39 Å². The minimum Gasteiger partial charge on any atom is -0.306 e. The van der Waals surface area contributed by atoms with Crippen LogP contribution in [0.1, 0.15) is 24.1 Å². The van der Waals surface area contributed by atoms with Crippen LogP contribution in [-0.4, -0.2) is 0 Å². The van der Waals surface area contributed by atoms with Gasteiger partial charge in [0, 0.05) is 26.6 Å². The average Bonchev–Trinajstić information content (AvgIpc) is 2.39. The van der Waals surface area contributed by atoms with Gasteiger partial charge in [-0.3, -0.25) is 0 Å². The second-order valence-electron chi connectivity index (χ2n) is 4.50. The number of hydrogen-bond donors (Lipinski definition) is 1. The van der Waals surface area contributed by atoms with Crippen LogP contribution in [0.15, 0.2) is 45.3 Å². The van der Waals surface area contributed by atoms with Gasteiger partial charge in [0.25, 0.3) is 0 Å². The molecule has 1 N–H and O–H groups in total. The van der Waals surface area contributed by atoms with E-state index >= 15 is 0 Å². The fraction of sp³-hybridized carbons (Fsp3) is 0.200. The lowest BCUT2D eigenvalue weighted by atomic mass is 10.1. The predicted octanol–water partition coefficient (Wildman–Crippen LogP) is 5.85. The quantitative estimate of drug-likeness (QED) is 0.653. The summed E-state index contributed by atoms with van der Waals surface area (Å²) < 4.78 is 15.1. The summed E-state index contributed by atoms with van der Waals surface area (Å²) in [4.78, 5) is 0. The number of halogens is 4. The zero-order valence-corrected chi connectivity index (χ0v) is 14.7. The van der Waals surface area contributed by atoms with Gasteiger partial charge in [0.2, 0.25) is 0 Å². The highest BCUT2D eigenvalue weighted by molar-refractivity contribution is 9.10. The summed E-state index contributed by atoms with van der Waals surface area (Å²) in [5.74, 6) is -0.237.